The molecule has 0 aromatic heterocycles. The summed E-state index contributed by atoms with van der Waals surface area (Å²) in [7, 11) is 0. The minimum Gasteiger partial charge on any atom is -0.492 e. The molecule has 1 unspecified atom stereocenters. The predicted octanol–water partition coefficient (Wildman–Crippen LogP) is 6.87. The summed E-state index contributed by atoms with van der Waals surface area (Å²) >= 11 is 0. The SMILES string of the molecule is C=CCC1(c2ccc3c(c2)C(C)(C)CCC3(C)C)COc2ccc(C=CC(=O)OCC)cc21. The van der Waals surface area contributed by atoms with Crippen LogP contribution in [0.2, 0.25) is 0 Å². The van der Waals surface area contributed by atoms with Crippen molar-refractivity contribution < 1.29 is 14.3 Å². The first-order valence-electron chi connectivity index (χ1n) is 12.0. The maximum absolute atomic E-state index is 11.8. The van der Waals surface area contributed by atoms with Gasteiger partial charge in [0, 0.05) is 11.6 Å². The smallest absolute Gasteiger partial charge is 0.330 e. The van der Waals surface area contributed by atoms with E-state index in [1.165, 1.54) is 35.6 Å². The first kappa shape index (κ1) is 23.4. The Labute approximate surface area is 198 Å². The Kier molecular flexibility index (Phi) is 6.03. The number of allylic oxidation sites excluding steroid dienone is 1. The molecule has 0 saturated carbocycles. The van der Waals surface area contributed by atoms with Gasteiger partial charge in [-0.2, -0.15) is 0 Å². The van der Waals surface area contributed by atoms with Gasteiger partial charge in [-0.3, -0.25) is 0 Å². The highest BCUT2D eigenvalue weighted by Gasteiger charge is 2.44. The summed E-state index contributed by atoms with van der Waals surface area (Å²) < 4.78 is 11.2. The molecule has 1 aliphatic carbocycles. The van der Waals surface area contributed by atoms with E-state index in [1.807, 2.05) is 31.2 Å². The van der Waals surface area contributed by atoms with E-state index in [4.69, 9.17) is 9.47 Å². The van der Waals surface area contributed by atoms with Crippen LogP contribution in [0.15, 0.2) is 55.1 Å². The summed E-state index contributed by atoms with van der Waals surface area (Å²) in [6.45, 7) is 16.3. The number of fused-ring (bicyclic) bond motifs is 2. The average molecular weight is 445 g/mol. The third kappa shape index (κ3) is 4.14. The Bertz CT molecular complexity index is 1110. The quantitative estimate of drug-likeness (QED) is 0.277. The molecule has 1 heterocycles. The van der Waals surface area contributed by atoms with E-state index in [9.17, 15) is 4.79 Å². The van der Waals surface area contributed by atoms with Crippen molar-refractivity contribution in [2.45, 2.75) is 70.1 Å². The van der Waals surface area contributed by atoms with Crippen LogP contribution in [0.3, 0.4) is 0 Å². The van der Waals surface area contributed by atoms with Gasteiger partial charge in [0.05, 0.1) is 12.0 Å². The summed E-state index contributed by atoms with van der Waals surface area (Å²) in [6.07, 6.45) is 8.46. The van der Waals surface area contributed by atoms with E-state index in [2.05, 4.69) is 58.5 Å². The highest BCUT2D eigenvalue weighted by Crippen LogP contribution is 2.50. The van der Waals surface area contributed by atoms with Gasteiger partial charge in [0.2, 0.25) is 0 Å². The molecule has 0 bridgehead atoms. The van der Waals surface area contributed by atoms with Gasteiger partial charge in [-0.1, -0.05) is 58.0 Å². The van der Waals surface area contributed by atoms with Crippen LogP contribution in [0.25, 0.3) is 6.08 Å². The molecule has 4 rings (SSSR count). The first-order valence-corrected chi connectivity index (χ1v) is 12.0. The van der Waals surface area contributed by atoms with Crippen molar-refractivity contribution in [1.29, 1.82) is 0 Å². The molecule has 3 nitrogen and oxygen atoms in total. The van der Waals surface area contributed by atoms with Crippen LogP contribution >= 0.6 is 0 Å². The number of esters is 1. The van der Waals surface area contributed by atoms with Crippen molar-refractivity contribution in [1.82, 2.24) is 0 Å². The number of ether oxygens (including phenoxy) is 2. The van der Waals surface area contributed by atoms with Gasteiger partial charge in [-0.05, 0) is 77.5 Å². The highest BCUT2D eigenvalue weighted by atomic mass is 16.5. The van der Waals surface area contributed by atoms with Gasteiger partial charge in [0.25, 0.3) is 0 Å². The van der Waals surface area contributed by atoms with Crippen LogP contribution in [-0.2, 0) is 25.8 Å². The van der Waals surface area contributed by atoms with Gasteiger partial charge in [0.1, 0.15) is 12.4 Å². The third-order valence-electron chi connectivity index (χ3n) is 7.59. The second-order valence-electron chi connectivity index (χ2n) is 10.7. The number of hydrogen-bond acceptors (Lipinski definition) is 3. The molecule has 33 heavy (non-hydrogen) atoms. The van der Waals surface area contributed by atoms with E-state index in [1.54, 1.807) is 0 Å². The molecule has 2 aliphatic rings. The van der Waals surface area contributed by atoms with Crippen molar-refractivity contribution in [2.24, 2.45) is 0 Å². The van der Waals surface area contributed by atoms with Crippen molar-refractivity contribution >= 4 is 12.0 Å². The Hall–Kier alpha value is -2.81. The van der Waals surface area contributed by atoms with E-state index >= 15 is 0 Å². The highest BCUT2D eigenvalue weighted by molar-refractivity contribution is 5.87. The van der Waals surface area contributed by atoms with Gasteiger partial charge < -0.3 is 9.47 Å². The molecule has 0 radical (unpaired) electrons. The fourth-order valence-electron chi connectivity index (χ4n) is 5.44. The van der Waals surface area contributed by atoms with Crippen molar-refractivity contribution in [2.75, 3.05) is 13.2 Å². The lowest BCUT2D eigenvalue weighted by Crippen LogP contribution is -2.35. The second kappa shape index (κ2) is 8.52. The van der Waals surface area contributed by atoms with Crippen LogP contribution in [-0.4, -0.2) is 19.2 Å². The van der Waals surface area contributed by atoms with Crippen LogP contribution in [0, 0.1) is 0 Å². The molecule has 174 valence electrons. The van der Waals surface area contributed by atoms with Gasteiger partial charge >= 0.3 is 5.97 Å². The number of rotatable bonds is 6. The Morgan fingerprint density at radius 3 is 2.45 bits per heavy atom. The molecule has 0 amide bonds. The lowest BCUT2D eigenvalue weighted by Gasteiger charge is -2.43. The maximum atomic E-state index is 11.8. The lowest BCUT2D eigenvalue weighted by molar-refractivity contribution is -0.137. The van der Waals surface area contributed by atoms with Gasteiger partial charge in [-0.25, -0.2) is 4.79 Å². The maximum Gasteiger partial charge on any atom is 0.330 e. The molecule has 1 aliphatic heterocycles. The molecule has 0 N–H and O–H groups in total. The molecular weight excluding hydrogens is 408 g/mol. The van der Waals surface area contributed by atoms with Gasteiger partial charge in [-0.15, -0.1) is 6.58 Å². The van der Waals surface area contributed by atoms with Crippen molar-refractivity contribution in [3.63, 3.8) is 0 Å². The summed E-state index contributed by atoms with van der Waals surface area (Å²) in [5, 5.41) is 0. The summed E-state index contributed by atoms with van der Waals surface area (Å²) in [5.41, 5.74) is 6.33. The first-order chi connectivity index (χ1) is 15.6. The van der Waals surface area contributed by atoms with E-state index in [0.717, 1.165) is 23.3 Å². The van der Waals surface area contributed by atoms with Crippen LogP contribution in [0.4, 0.5) is 0 Å². The topological polar surface area (TPSA) is 35.5 Å². The Morgan fingerprint density at radius 1 is 1.03 bits per heavy atom. The van der Waals surface area contributed by atoms with Crippen molar-refractivity contribution in [3.8, 4) is 5.75 Å². The zero-order valence-electron chi connectivity index (χ0n) is 20.7. The Balaban J connectivity index is 1.82. The molecule has 3 heteroatoms. The fraction of sp³-hybridized carbons (Fsp3) is 0.433. The lowest BCUT2D eigenvalue weighted by atomic mass is 9.61. The zero-order chi connectivity index (χ0) is 23.9. The molecule has 2 aromatic rings. The fourth-order valence-corrected chi connectivity index (χ4v) is 5.44. The predicted molar refractivity (Wildman–Crippen MR) is 135 cm³/mol. The standard InChI is InChI=1S/C30H36O3/c1-7-15-30(22-11-12-23-24(19-22)29(5,6)17-16-28(23,3)4)20-33-26-13-9-21(18-25(26)30)10-14-27(31)32-8-2/h7,9-14,18-19H,1,8,15-17,20H2,2-6H3. The van der Waals surface area contributed by atoms with Crippen LogP contribution in [0.1, 0.15) is 81.7 Å². The summed E-state index contributed by atoms with van der Waals surface area (Å²) in [6, 6.07) is 13.2. The van der Waals surface area contributed by atoms with Crippen LogP contribution in [0.5, 0.6) is 5.75 Å². The second-order valence-corrected chi connectivity index (χ2v) is 10.7. The third-order valence-corrected chi connectivity index (χ3v) is 7.59. The number of carbonyl (C=O) groups is 1. The molecule has 1 atom stereocenters. The molecular formula is C30H36O3. The average Bonchev–Trinajstić information content (AvgIpc) is 3.15. The largest absolute Gasteiger partial charge is 0.492 e. The van der Waals surface area contributed by atoms with E-state index in [0.29, 0.717) is 13.2 Å². The van der Waals surface area contributed by atoms with Crippen LogP contribution < -0.4 is 4.74 Å². The zero-order valence-corrected chi connectivity index (χ0v) is 20.7. The minimum absolute atomic E-state index is 0.142. The number of carbonyl (C=O) groups excluding carboxylic acids is 1. The van der Waals surface area contributed by atoms with Gasteiger partial charge in [0.15, 0.2) is 0 Å². The normalized spacial score (nSPS) is 22.3. The van der Waals surface area contributed by atoms with E-state index in [-0.39, 0.29) is 22.2 Å². The molecule has 2 aromatic carbocycles. The molecule has 0 fully saturated rings. The Morgan fingerprint density at radius 2 is 1.76 bits per heavy atom. The monoisotopic (exact) mass is 444 g/mol. The molecule has 0 saturated heterocycles. The van der Waals surface area contributed by atoms with Crippen molar-refractivity contribution in [3.05, 3.63) is 82.9 Å². The number of hydrogen-bond donors (Lipinski definition) is 0. The summed E-state index contributed by atoms with van der Waals surface area (Å²) in [5.74, 6) is 0.577. The summed E-state index contributed by atoms with van der Waals surface area (Å²) in [4.78, 5) is 11.8. The molecule has 0 spiro atoms. The van der Waals surface area contributed by atoms with E-state index < -0.39 is 0 Å². The minimum atomic E-state index is -0.328. The number of benzene rings is 2.